The summed E-state index contributed by atoms with van der Waals surface area (Å²) in [6, 6.07) is 26.0. The molecule has 0 atom stereocenters. The maximum absolute atomic E-state index is 13.7. The largest absolute Gasteiger partial charge is 0.489 e. The van der Waals surface area contributed by atoms with Crippen molar-refractivity contribution < 1.29 is 17.9 Å². The van der Waals surface area contributed by atoms with Crippen LogP contribution in [0, 0.1) is 0 Å². The lowest BCUT2D eigenvalue weighted by Gasteiger charge is -2.11. The molecule has 8 heteroatoms. The van der Waals surface area contributed by atoms with E-state index in [1.807, 2.05) is 42.5 Å². The lowest BCUT2D eigenvalue weighted by molar-refractivity contribution is -0.136. The van der Waals surface area contributed by atoms with Crippen molar-refractivity contribution in [3.8, 4) is 17.0 Å². The van der Waals surface area contributed by atoms with Crippen LogP contribution in [0.2, 0.25) is 10.0 Å². The van der Waals surface area contributed by atoms with Gasteiger partial charge in [-0.1, -0.05) is 65.7 Å². The zero-order valence-electron chi connectivity index (χ0n) is 18.8. The number of benzene rings is 4. The molecule has 0 amide bonds. The van der Waals surface area contributed by atoms with Crippen LogP contribution in [0.15, 0.2) is 91.0 Å². The fourth-order valence-corrected chi connectivity index (χ4v) is 4.70. The lowest BCUT2D eigenvalue weighted by atomic mass is 10.0. The van der Waals surface area contributed by atoms with Gasteiger partial charge in [0.2, 0.25) is 0 Å². The van der Waals surface area contributed by atoms with E-state index in [4.69, 9.17) is 27.9 Å². The van der Waals surface area contributed by atoms with E-state index in [1.54, 1.807) is 41.1 Å². The number of aromatic nitrogens is 2. The maximum atomic E-state index is 13.7. The third-order valence-electron chi connectivity index (χ3n) is 5.71. The first-order chi connectivity index (χ1) is 17.3. The second kappa shape index (κ2) is 9.88. The number of alkyl halides is 3. The van der Waals surface area contributed by atoms with Crippen molar-refractivity contribution in [2.24, 2.45) is 0 Å². The molecule has 0 aliphatic rings. The summed E-state index contributed by atoms with van der Waals surface area (Å²) in [6.07, 6.45) is -4.51. The van der Waals surface area contributed by atoms with Gasteiger partial charge in [-0.3, -0.25) is 4.68 Å². The number of nitrogens with zero attached hydrogens (tertiary/aromatic N) is 2. The molecule has 0 N–H and O–H groups in total. The molecule has 182 valence electrons. The number of fused-ring (bicyclic) bond motifs is 1. The topological polar surface area (TPSA) is 27.1 Å². The van der Waals surface area contributed by atoms with Crippen LogP contribution in [-0.2, 0) is 19.3 Å². The van der Waals surface area contributed by atoms with Crippen molar-refractivity contribution in [3.05, 3.63) is 118 Å². The summed E-state index contributed by atoms with van der Waals surface area (Å²) in [5.74, 6) is 0.601. The predicted molar refractivity (Wildman–Crippen MR) is 137 cm³/mol. The highest BCUT2D eigenvalue weighted by Crippen LogP contribution is 2.38. The molecule has 5 aromatic rings. The number of halogens is 5. The standard InChI is InChI=1S/C28H19Cl2F3N2O/c29-21-13-19(14-22(30)15-21)17-36-23-11-9-20(10-12-23)27-24-7-4-8-25(28(31,32)33)26(24)34-35(27)16-18-5-2-1-3-6-18/h1-15H,16-17H2. The third kappa shape index (κ3) is 5.20. The van der Waals surface area contributed by atoms with Crippen LogP contribution < -0.4 is 4.74 Å². The van der Waals surface area contributed by atoms with Crippen molar-refractivity contribution in [1.82, 2.24) is 9.78 Å². The zero-order valence-corrected chi connectivity index (χ0v) is 20.3. The SMILES string of the molecule is FC(F)(F)c1cccc2c(-c3ccc(OCc4cc(Cl)cc(Cl)c4)cc3)n(Cc3ccccc3)nc12. The minimum Gasteiger partial charge on any atom is -0.489 e. The summed E-state index contributed by atoms with van der Waals surface area (Å²) in [4.78, 5) is 0. The highest BCUT2D eigenvalue weighted by molar-refractivity contribution is 6.34. The molecule has 0 spiro atoms. The number of rotatable bonds is 6. The predicted octanol–water partition coefficient (Wildman–Crippen LogP) is 8.66. The molecule has 3 nitrogen and oxygen atoms in total. The van der Waals surface area contributed by atoms with Gasteiger partial charge in [-0.15, -0.1) is 0 Å². The first kappa shape index (κ1) is 24.2. The second-order valence-corrected chi connectivity index (χ2v) is 9.15. The monoisotopic (exact) mass is 526 g/mol. The third-order valence-corrected chi connectivity index (χ3v) is 6.14. The van der Waals surface area contributed by atoms with Crippen LogP contribution >= 0.6 is 23.2 Å². The van der Waals surface area contributed by atoms with Crippen molar-refractivity contribution >= 4 is 34.1 Å². The Morgan fingerprint density at radius 2 is 1.47 bits per heavy atom. The summed E-state index contributed by atoms with van der Waals surface area (Å²) in [6.45, 7) is 0.597. The Kier molecular flexibility index (Phi) is 6.65. The summed E-state index contributed by atoms with van der Waals surface area (Å²) in [7, 11) is 0. The van der Waals surface area contributed by atoms with Gasteiger partial charge < -0.3 is 4.74 Å². The van der Waals surface area contributed by atoms with E-state index in [2.05, 4.69) is 5.10 Å². The average Bonchev–Trinajstić information content (AvgIpc) is 3.20. The normalized spacial score (nSPS) is 11.7. The minimum atomic E-state index is -4.51. The van der Waals surface area contributed by atoms with Crippen molar-refractivity contribution in [1.29, 1.82) is 0 Å². The molecule has 0 fully saturated rings. The summed E-state index contributed by atoms with van der Waals surface area (Å²) < 4.78 is 48.7. The fraction of sp³-hybridized carbons (Fsp3) is 0.107. The molecule has 0 saturated heterocycles. The highest BCUT2D eigenvalue weighted by atomic mass is 35.5. The van der Waals surface area contributed by atoms with E-state index < -0.39 is 11.7 Å². The molecule has 0 unspecified atom stereocenters. The minimum absolute atomic E-state index is 0.0749. The molecule has 4 aromatic carbocycles. The molecule has 36 heavy (non-hydrogen) atoms. The molecule has 1 heterocycles. The molecular formula is C28H19Cl2F3N2O. The highest BCUT2D eigenvalue weighted by Gasteiger charge is 2.34. The van der Waals surface area contributed by atoms with E-state index >= 15 is 0 Å². The van der Waals surface area contributed by atoms with Gasteiger partial charge >= 0.3 is 6.18 Å². The van der Waals surface area contributed by atoms with Crippen LogP contribution in [0.25, 0.3) is 22.2 Å². The smallest absolute Gasteiger partial charge is 0.418 e. The van der Waals surface area contributed by atoms with E-state index in [-0.39, 0.29) is 12.1 Å². The molecule has 5 rings (SSSR count). The summed E-state index contributed by atoms with van der Waals surface area (Å²) in [5.41, 5.74) is 2.25. The Morgan fingerprint density at radius 3 is 2.14 bits per heavy atom. The average molecular weight is 527 g/mol. The van der Waals surface area contributed by atoms with Gasteiger partial charge in [0.1, 0.15) is 17.9 Å². The van der Waals surface area contributed by atoms with Gasteiger partial charge in [-0.25, -0.2) is 0 Å². The van der Waals surface area contributed by atoms with Crippen molar-refractivity contribution in [2.45, 2.75) is 19.3 Å². The molecule has 0 bridgehead atoms. The quantitative estimate of drug-likeness (QED) is 0.221. The van der Waals surface area contributed by atoms with Crippen molar-refractivity contribution in [3.63, 3.8) is 0 Å². The molecule has 1 aromatic heterocycles. The first-order valence-electron chi connectivity index (χ1n) is 11.1. The van der Waals surface area contributed by atoms with Crippen LogP contribution in [0.3, 0.4) is 0 Å². The van der Waals surface area contributed by atoms with Crippen LogP contribution in [0.5, 0.6) is 5.75 Å². The Hall–Kier alpha value is -3.48. The number of hydrogen-bond acceptors (Lipinski definition) is 2. The Balaban J connectivity index is 1.51. The first-order valence-corrected chi connectivity index (χ1v) is 11.8. The lowest BCUT2D eigenvalue weighted by Crippen LogP contribution is -2.06. The van der Waals surface area contributed by atoms with Crippen LogP contribution in [-0.4, -0.2) is 9.78 Å². The van der Waals surface area contributed by atoms with Crippen LogP contribution in [0.4, 0.5) is 13.2 Å². The van der Waals surface area contributed by atoms with E-state index in [0.29, 0.717) is 33.4 Å². The molecular weight excluding hydrogens is 508 g/mol. The van der Waals surface area contributed by atoms with Gasteiger partial charge in [-0.2, -0.15) is 18.3 Å². The molecule has 0 radical (unpaired) electrons. The molecule has 0 saturated carbocycles. The maximum Gasteiger partial charge on any atom is 0.418 e. The molecule has 0 aliphatic carbocycles. The number of ether oxygens (including phenoxy) is 1. The van der Waals surface area contributed by atoms with E-state index in [0.717, 1.165) is 22.8 Å². The fourth-order valence-electron chi connectivity index (χ4n) is 4.13. The Bertz CT molecular complexity index is 1490. The Morgan fingerprint density at radius 1 is 0.778 bits per heavy atom. The molecule has 0 aliphatic heterocycles. The van der Waals surface area contributed by atoms with Gasteiger partial charge in [-0.05, 0) is 59.7 Å². The van der Waals surface area contributed by atoms with E-state index in [9.17, 15) is 13.2 Å². The Labute approximate surface area is 215 Å². The van der Waals surface area contributed by atoms with Crippen LogP contribution in [0.1, 0.15) is 16.7 Å². The summed E-state index contributed by atoms with van der Waals surface area (Å²) >= 11 is 12.1. The zero-order chi connectivity index (χ0) is 25.3. The van der Waals surface area contributed by atoms with E-state index in [1.165, 1.54) is 6.07 Å². The second-order valence-electron chi connectivity index (χ2n) is 8.28. The van der Waals surface area contributed by atoms with Gasteiger partial charge in [0.25, 0.3) is 0 Å². The van der Waals surface area contributed by atoms with Crippen molar-refractivity contribution in [2.75, 3.05) is 0 Å². The number of hydrogen-bond donors (Lipinski definition) is 0. The van der Waals surface area contributed by atoms with Gasteiger partial charge in [0.15, 0.2) is 0 Å². The summed E-state index contributed by atoms with van der Waals surface area (Å²) in [5, 5.41) is 5.88. The van der Waals surface area contributed by atoms with Gasteiger partial charge in [0, 0.05) is 21.0 Å². The van der Waals surface area contributed by atoms with Gasteiger partial charge in [0.05, 0.1) is 17.8 Å².